The van der Waals surface area contributed by atoms with Gasteiger partial charge >= 0.3 is 19.9 Å². The number of carbonyl (C=O) groups excluding carboxylic acids is 1. The molecular weight excluding hydrogens is 186 g/mol. The summed E-state index contributed by atoms with van der Waals surface area (Å²) in [5.74, 6) is -3.30. The smallest absolute Gasteiger partial charge is 0.460 e. The van der Waals surface area contributed by atoms with Crippen LogP contribution in [0.5, 0.6) is 0 Å². The number of rotatable bonds is 5. The highest BCUT2D eigenvalue weighted by Crippen LogP contribution is 2.30. The summed E-state index contributed by atoms with van der Waals surface area (Å²) in [6.45, 7) is 3.27. The molecule has 0 aromatic rings. The molecular formula is C6H11FO4P+. The summed E-state index contributed by atoms with van der Waals surface area (Å²) in [6, 6.07) is 0. The average Bonchev–Trinajstić information content (AvgIpc) is 2.04. The fraction of sp³-hybridized carbons (Fsp3) is 0.833. The minimum absolute atomic E-state index is 0.0640. The molecule has 0 aliphatic carbocycles. The maximum atomic E-state index is 12.7. The van der Waals surface area contributed by atoms with E-state index >= 15 is 0 Å². The molecule has 6 heteroatoms. The van der Waals surface area contributed by atoms with Gasteiger partial charge in [0.05, 0.1) is 13.2 Å². The van der Waals surface area contributed by atoms with Crippen molar-refractivity contribution < 1.29 is 23.0 Å². The standard InChI is InChI=1S/C6H11FO4P/c1-3-10-6(8)5(7)12(9)11-4-2/h5H,3-4H2,1-2H3/q+1. The summed E-state index contributed by atoms with van der Waals surface area (Å²) in [4.78, 5) is 10.6. The van der Waals surface area contributed by atoms with Crippen molar-refractivity contribution in [2.75, 3.05) is 13.2 Å². The van der Waals surface area contributed by atoms with Crippen molar-refractivity contribution in [2.24, 2.45) is 0 Å². The van der Waals surface area contributed by atoms with Gasteiger partial charge in [-0.05, 0) is 18.4 Å². The fourth-order valence-electron chi connectivity index (χ4n) is 0.490. The van der Waals surface area contributed by atoms with E-state index < -0.39 is 19.9 Å². The third-order valence-corrected chi connectivity index (χ3v) is 2.02. The van der Waals surface area contributed by atoms with E-state index in [1.54, 1.807) is 13.8 Å². The Bertz CT molecular complexity index is 155. The lowest BCUT2D eigenvalue weighted by molar-refractivity contribution is -0.146. The molecule has 0 amide bonds. The zero-order chi connectivity index (χ0) is 9.56. The second-order valence-electron chi connectivity index (χ2n) is 1.79. The summed E-state index contributed by atoms with van der Waals surface area (Å²) in [6.07, 6.45) is 0. The second kappa shape index (κ2) is 6.03. The first-order valence-corrected chi connectivity index (χ1v) is 4.78. The van der Waals surface area contributed by atoms with Crippen molar-refractivity contribution >= 4 is 14.0 Å². The average molecular weight is 197 g/mol. The molecule has 0 fully saturated rings. The zero-order valence-electron chi connectivity index (χ0n) is 6.95. The van der Waals surface area contributed by atoms with Gasteiger partial charge in [-0.2, -0.15) is 4.39 Å². The van der Waals surface area contributed by atoms with Crippen LogP contribution >= 0.6 is 8.03 Å². The van der Waals surface area contributed by atoms with Gasteiger partial charge in [0, 0.05) is 0 Å². The number of hydrogen-bond acceptors (Lipinski definition) is 4. The van der Waals surface area contributed by atoms with E-state index in [-0.39, 0.29) is 13.2 Å². The lowest BCUT2D eigenvalue weighted by atomic mass is 10.7. The van der Waals surface area contributed by atoms with E-state index in [9.17, 15) is 13.8 Å². The van der Waals surface area contributed by atoms with E-state index in [1.165, 1.54) is 0 Å². The summed E-state index contributed by atoms with van der Waals surface area (Å²) in [7, 11) is -2.58. The molecule has 70 valence electrons. The summed E-state index contributed by atoms with van der Waals surface area (Å²) in [5, 5.41) is 0. The van der Waals surface area contributed by atoms with Gasteiger partial charge in [-0.15, -0.1) is 4.52 Å². The molecule has 0 aliphatic heterocycles. The number of alkyl halides is 1. The third kappa shape index (κ3) is 3.74. The quantitative estimate of drug-likeness (QED) is 0.496. The van der Waals surface area contributed by atoms with Crippen LogP contribution < -0.4 is 0 Å². The second-order valence-corrected chi connectivity index (χ2v) is 3.07. The molecule has 0 heterocycles. The molecule has 0 saturated carbocycles. The van der Waals surface area contributed by atoms with Crippen LogP contribution in [-0.2, 0) is 18.6 Å². The molecule has 2 atom stereocenters. The van der Waals surface area contributed by atoms with E-state index in [0.717, 1.165) is 0 Å². The lowest BCUT2D eigenvalue weighted by Gasteiger charge is -1.96. The van der Waals surface area contributed by atoms with Crippen LogP contribution in [0.25, 0.3) is 0 Å². The van der Waals surface area contributed by atoms with Gasteiger partial charge in [-0.25, -0.2) is 4.79 Å². The van der Waals surface area contributed by atoms with Crippen LogP contribution in [0.1, 0.15) is 13.8 Å². The van der Waals surface area contributed by atoms with Gasteiger partial charge in [-0.1, -0.05) is 0 Å². The Balaban J connectivity index is 3.91. The van der Waals surface area contributed by atoms with Gasteiger partial charge < -0.3 is 4.74 Å². The molecule has 0 rings (SSSR count). The van der Waals surface area contributed by atoms with Gasteiger partial charge in [-0.3, -0.25) is 0 Å². The first-order chi connectivity index (χ1) is 5.63. The SMILES string of the molecule is CCOC(=O)C(F)[P+](=O)OCC. The van der Waals surface area contributed by atoms with Crippen LogP contribution in [0, 0.1) is 0 Å². The van der Waals surface area contributed by atoms with E-state index in [1.807, 2.05) is 0 Å². The molecule has 2 unspecified atom stereocenters. The van der Waals surface area contributed by atoms with Crippen molar-refractivity contribution in [2.45, 2.75) is 19.8 Å². The fourth-order valence-corrected chi connectivity index (χ4v) is 1.12. The monoisotopic (exact) mass is 197 g/mol. The highest BCUT2D eigenvalue weighted by atomic mass is 31.1. The Morgan fingerprint density at radius 1 is 1.50 bits per heavy atom. The molecule has 0 bridgehead atoms. The molecule has 0 spiro atoms. The minimum Gasteiger partial charge on any atom is -0.460 e. The highest BCUT2D eigenvalue weighted by molar-refractivity contribution is 7.41. The van der Waals surface area contributed by atoms with Crippen molar-refractivity contribution in [3.05, 3.63) is 0 Å². The lowest BCUT2D eigenvalue weighted by Crippen LogP contribution is -2.15. The maximum absolute atomic E-state index is 12.7. The van der Waals surface area contributed by atoms with E-state index in [2.05, 4.69) is 9.26 Å². The van der Waals surface area contributed by atoms with Crippen molar-refractivity contribution in [3.63, 3.8) is 0 Å². The molecule has 4 nitrogen and oxygen atoms in total. The summed E-state index contributed by atoms with van der Waals surface area (Å²) < 4.78 is 32.1. The molecule has 0 radical (unpaired) electrons. The summed E-state index contributed by atoms with van der Waals surface area (Å²) in [5.41, 5.74) is 0. The third-order valence-electron chi connectivity index (χ3n) is 0.923. The normalized spacial score (nSPS) is 13.8. The number of hydrogen-bond donors (Lipinski definition) is 0. The molecule has 0 saturated heterocycles. The van der Waals surface area contributed by atoms with Crippen LogP contribution in [-0.4, -0.2) is 25.1 Å². The van der Waals surface area contributed by atoms with Gasteiger partial charge in [0.15, 0.2) is 0 Å². The Hall–Kier alpha value is -0.540. The Kier molecular flexibility index (Phi) is 5.76. The number of carbonyl (C=O) groups is 1. The number of halogens is 1. The van der Waals surface area contributed by atoms with E-state index in [0.29, 0.717) is 0 Å². The highest BCUT2D eigenvalue weighted by Gasteiger charge is 2.41. The van der Waals surface area contributed by atoms with Crippen LogP contribution in [0.3, 0.4) is 0 Å². The van der Waals surface area contributed by atoms with E-state index in [4.69, 9.17) is 0 Å². The van der Waals surface area contributed by atoms with Crippen molar-refractivity contribution in [1.82, 2.24) is 0 Å². The Morgan fingerprint density at radius 2 is 2.08 bits per heavy atom. The van der Waals surface area contributed by atoms with Gasteiger partial charge in [0.25, 0.3) is 0 Å². The van der Waals surface area contributed by atoms with Crippen LogP contribution in [0.4, 0.5) is 4.39 Å². The number of esters is 1. The predicted molar refractivity (Wildman–Crippen MR) is 40.8 cm³/mol. The van der Waals surface area contributed by atoms with Crippen molar-refractivity contribution in [3.8, 4) is 0 Å². The molecule has 12 heavy (non-hydrogen) atoms. The Labute approximate surface area is 70.9 Å². The topological polar surface area (TPSA) is 52.6 Å². The predicted octanol–water partition coefficient (Wildman–Crippen LogP) is 1.62. The first-order valence-electron chi connectivity index (χ1n) is 3.53. The maximum Gasteiger partial charge on any atom is 0.557 e. The summed E-state index contributed by atoms with van der Waals surface area (Å²) >= 11 is 0. The molecule has 0 aromatic carbocycles. The minimum atomic E-state index is -2.58. The number of ether oxygens (including phenoxy) is 1. The van der Waals surface area contributed by atoms with Crippen LogP contribution in [0.2, 0.25) is 0 Å². The molecule has 0 aromatic heterocycles. The molecule has 0 N–H and O–H groups in total. The largest absolute Gasteiger partial charge is 0.557 e. The van der Waals surface area contributed by atoms with Gasteiger partial charge in [0.2, 0.25) is 0 Å². The van der Waals surface area contributed by atoms with Crippen LogP contribution in [0.15, 0.2) is 0 Å². The van der Waals surface area contributed by atoms with Gasteiger partial charge in [0.1, 0.15) is 0 Å². The first kappa shape index (κ1) is 11.5. The zero-order valence-corrected chi connectivity index (χ0v) is 7.84. The van der Waals surface area contributed by atoms with Crippen molar-refractivity contribution in [1.29, 1.82) is 0 Å². The molecule has 0 aliphatic rings. The Morgan fingerprint density at radius 3 is 2.50 bits per heavy atom.